The van der Waals surface area contributed by atoms with Crippen LogP contribution < -0.4 is 0 Å². The SMILES string of the molecule is Cc1ccncc1N=C=S. The summed E-state index contributed by atoms with van der Waals surface area (Å²) in [5, 5.41) is 2.29. The Morgan fingerprint density at radius 3 is 3.10 bits per heavy atom. The zero-order valence-electron chi connectivity index (χ0n) is 5.53. The van der Waals surface area contributed by atoms with Crippen molar-refractivity contribution in [2.75, 3.05) is 0 Å². The molecular weight excluding hydrogens is 144 g/mol. The van der Waals surface area contributed by atoms with Gasteiger partial charge in [0, 0.05) is 6.20 Å². The van der Waals surface area contributed by atoms with E-state index >= 15 is 0 Å². The molecule has 0 aliphatic carbocycles. The maximum atomic E-state index is 4.45. The molecule has 0 aliphatic rings. The second kappa shape index (κ2) is 3.20. The maximum Gasteiger partial charge on any atom is 0.0951 e. The van der Waals surface area contributed by atoms with Crippen molar-refractivity contribution in [2.24, 2.45) is 4.99 Å². The van der Waals surface area contributed by atoms with Crippen molar-refractivity contribution in [3.05, 3.63) is 24.0 Å². The number of aromatic nitrogens is 1. The number of aryl methyl sites for hydroxylation is 1. The van der Waals surface area contributed by atoms with Crippen molar-refractivity contribution in [2.45, 2.75) is 6.92 Å². The van der Waals surface area contributed by atoms with Crippen LogP contribution in [0.1, 0.15) is 5.56 Å². The first-order valence-corrected chi connectivity index (χ1v) is 3.24. The van der Waals surface area contributed by atoms with Crippen LogP contribution in [0.5, 0.6) is 0 Å². The van der Waals surface area contributed by atoms with E-state index in [2.05, 4.69) is 27.4 Å². The third-order valence-electron chi connectivity index (χ3n) is 1.18. The summed E-state index contributed by atoms with van der Waals surface area (Å²) in [6.45, 7) is 1.95. The van der Waals surface area contributed by atoms with E-state index in [1.54, 1.807) is 12.4 Å². The summed E-state index contributed by atoms with van der Waals surface area (Å²) in [4.78, 5) is 7.69. The smallest absolute Gasteiger partial charge is 0.0951 e. The number of nitrogens with zero attached hydrogens (tertiary/aromatic N) is 2. The maximum absolute atomic E-state index is 4.45. The van der Waals surface area contributed by atoms with Gasteiger partial charge in [0.25, 0.3) is 0 Å². The highest BCUT2D eigenvalue weighted by molar-refractivity contribution is 7.78. The van der Waals surface area contributed by atoms with E-state index < -0.39 is 0 Å². The Balaban J connectivity index is 3.14. The van der Waals surface area contributed by atoms with Gasteiger partial charge < -0.3 is 0 Å². The summed E-state index contributed by atoms with van der Waals surface area (Å²) in [6.07, 6.45) is 3.38. The van der Waals surface area contributed by atoms with Crippen molar-refractivity contribution in [1.82, 2.24) is 4.98 Å². The van der Waals surface area contributed by atoms with Gasteiger partial charge in [-0.05, 0) is 30.8 Å². The van der Waals surface area contributed by atoms with Gasteiger partial charge in [-0.3, -0.25) is 4.98 Å². The quantitative estimate of drug-likeness (QED) is 0.452. The Hall–Kier alpha value is -1.05. The van der Waals surface area contributed by atoms with Crippen molar-refractivity contribution in [3.63, 3.8) is 0 Å². The van der Waals surface area contributed by atoms with Crippen molar-refractivity contribution < 1.29 is 0 Å². The minimum atomic E-state index is 0.789. The Labute approximate surface area is 64.6 Å². The van der Waals surface area contributed by atoms with Crippen molar-refractivity contribution in [1.29, 1.82) is 0 Å². The predicted octanol–water partition coefficient (Wildman–Crippen LogP) is 2.12. The van der Waals surface area contributed by atoms with Gasteiger partial charge in [-0.15, -0.1) is 0 Å². The third kappa shape index (κ3) is 1.47. The van der Waals surface area contributed by atoms with Gasteiger partial charge >= 0.3 is 0 Å². The number of hydrogen-bond donors (Lipinski definition) is 0. The molecule has 0 saturated heterocycles. The van der Waals surface area contributed by atoms with Crippen LogP contribution in [0.3, 0.4) is 0 Å². The number of thiocarbonyl (C=S) groups is 1. The molecule has 1 rings (SSSR count). The Morgan fingerprint density at radius 2 is 2.50 bits per heavy atom. The molecule has 1 aromatic rings. The van der Waals surface area contributed by atoms with Crippen LogP contribution >= 0.6 is 12.2 Å². The zero-order valence-corrected chi connectivity index (χ0v) is 6.35. The highest BCUT2D eigenvalue weighted by Crippen LogP contribution is 2.13. The summed E-state index contributed by atoms with van der Waals surface area (Å²) < 4.78 is 0. The standard InChI is InChI=1S/C7H6N2S/c1-6-2-3-8-4-7(6)9-5-10/h2-4H,1H3. The molecule has 3 heteroatoms. The molecule has 1 aromatic heterocycles. The van der Waals surface area contributed by atoms with Crippen LogP contribution in [0.15, 0.2) is 23.5 Å². The minimum absolute atomic E-state index is 0.789. The lowest BCUT2D eigenvalue weighted by Crippen LogP contribution is -1.74. The van der Waals surface area contributed by atoms with Crippen LogP contribution in [0.25, 0.3) is 0 Å². The Morgan fingerprint density at radius 1 is 1.70 bits per heavy atom. The van der Waals surface area contributed by atoms with Gasteiger partial charge in [0.2, 0.25) is 0 Å². The van der Waals surface area contributed by atoms with E-state index in [0.29, 0.717) is 0 Å². The summed E-state index contributed by atoms with van der Waals surface area (Å²) in [6, 6.07) is 1.88. The first-order chi connectivity index (χ1) is 4.84. The third-order valence-corrected chi connectivity index (χ3v) is 1.27. The zero-order chi connectivity index (χ0) is 7.40. The highest BCUT2D eigenvalue weighted by Gasteiger charge is 1.90. The molecule has 0 fully saturated rings. The molecule has 10 heavy (non-hydrogen) atoms. The number of hydrogen-bond acceptors (Lipinski definition) is 3. The van der Waals surface area contributed by atoms with E-state index in [9.17, 15) is 0 Å². The molecule has 1 heterocycles. The van der Waals surface area contributed by atoms with Crippen LogP contribution in [-0.2, 0) is 0 Å². The topological polar surface area (TPSA) is 25.2 Å². The van der Waals surface area contributed by atoms with Crippen LogP contribution in [0.2, 0.25) is 0 Å². The number of aliphatic imine (C=N–C) groups is 1. The van der Waals surface area contributed by atoms with E-state index in [0.717, 1.165) is 11.3 Å². The highest BCUT2D eigenvalue weighted by atomic mass is 32.1. The second-order valence-corrected chi connectivity index (χ2v) is 2.05. The summed E-state index contributed by atoms with van der Waals surface area (Å²) >= 11 is 4.45. The summed E-state index contributed by atoms with van der Waals surface area (Å²) in [7, 11) is 0. The molecule has 0 spiro atoms. The molecule has 0 unspecified atom stereocenters. The molecule has 0 radical (unpaired) electrons. The van der Waals surface area contributed by atoms with E-state index in [4.69, 9.17) is 0 Å². The van der Waals surface area contributed by atoms with Gasteiger partial charge in [0.05, 0.1) is 17.0 Å². The van der Waals surface area contributed by atoms with Crippen molar-refractivity contribution >= 4 is 23.1 Å². The Bertz CT molecular complexity index is 277. The molecule has 2 nitrogen and oxygen atoms in total. The lowest BCUT2D eigenvalue weighted by Gasteiger charge is -1.92. The van der Waals surface area contributed by atoms with E-state index in [1.807, 2.05) is 13.0 Å². The van der Waals surface area contributed by atoms with E-state index in [-0.39, 0.29) is 0 Å². The van der Waals surface area contributed by atoms with Crippen LogP contribution in [0.4, 0.5) is 5.69 Å². The second-order valence-electron chi connectivity index (χ2n) is 1.87. The average Bonchev–Trinajstić information content (AvgIpc) is 1.94. The van der Waals surface area contributed by atoms with E-state index in [1.165, 1.54) is 0 Å². The lowest BCUT2D eigenvalue weighted by molar-refractivity contribution is 1.26. The fourth-order valence-corrected chi connectivity index (χ4v) is 0.720. The number of rotatable bonds is 1. The number of pyridine rings is 1. The molecule has 0 atom stereocenters. The van der Waals surface area contributed by atoms with Gasteiger partial charge in [-0.25, -0.2) is 0 Å². The molecule has 0 aromatic carbocycles. The van der Waals surface area contributed by atoms with Gasteiger partial charge in [-0.2, -0.15) is 4.99 Å². The largest absolute Gasteiger partial charge is 0.262 e. The Kier molecular flexibility index (Phi) is 2.26. The first-order valence-electron chi connectivity index (χ1n) is 2.83. The van der Waals surface area contributed by atoms with Crippen molar-refractivity contribution in [3.8, 4) is 0 Å². The first kappa shape index (κ1) is 7.06. The summed E-state index contributed by atoms with van der Waals surface area (Å²) in [5.41, 5.74) is 1.85. The molecule has 0 bridgehead atoms. The molecule has 0 amide bonds. The minimum Gasteiger partial charge on any atom is -0.262 e. The average molecular weight is 150 g/mol. The lowest BCUT2D eigenvalue weighted by atomic mass is 10.3. The molecule has 50 valence electrons. The van der Waals surface area contributed by atoms with Gasteiger partial charge in [-0.1, -0.05) is 0 Å². The fourth-order valence-electron chi connectivity index (χ4n) is 0.622. The van der Waals surface area contributed by atoms with Crippen LogP contribution in [-0.4, -0.2) is 10.1 Å². The molecule has 0 N–H and O–H groups in total. The molecule has 0 aliphatic heterocycles. The normalized spacial score (nSPS) is 8.50. The van der Waals surface area contributed by atoms with Gasteiger partial charge in [0.15, 0.2) is 0 Å². The molecular formula is C7H6N2S. The monoisotopic (exact) mass is 150 g/mol. The van der Waals surface area contributed by atoms with Crippen LogP contribution in [0, 0.1) is 6.92 Å². The predicted molar refractivity (Wildman–Crippen MR) is 43.7 cm³/mol. The fraction of sp³-hybridized carbons (Fsp3) is 0.143. The molecule has 0 saturated carbocycles. The number of isothiocyanates is 1. The van der Waals surface area contributed by atoms with Gasteiger partial charge in [0.1, 0.15) is 0 Å². The summed E-state index contributed by atoms with van der Waals surface area (Å²) in [5.74, 6) is 0.